The van der Waals surface area contributed by atoms with Gasteiger partial charge in [0.25, 0.3) is 5.91 Å². The number of benzene rings is 1. The van der Waals surface area contributed by atoms with E-state index in [0.717, 1.165) is 25.7 Å². The van der Waals surface area contributed by atoms with Gasteiger partial charge in [-0.3, -0.25) is 9.59 Å². The van der Waals surface area contributed by atoms with E-state index in [1.54, 1.807) is 41.3 Å². The van der Waals surface area contributed by atoms with Crippen LogP contribution >= 0.6 is 0 Å². The van der Waals surface area contributed by atoms with Crippen molar-refractivity contribution in [2.24, 2.45) is 0 Å². The van der Waals surface area contributed by atoms with E-state index < -0.39 is 17.9 Å². The Kier molecular flexibility index (Phi) is 5.22. The van der Waals surface area contributed by atoms with Crippen LogP contribution in [0.5, 0.6) is 0 Å². The van der Waals surface area contributed by atoms with Crippen LogP contribution in [-0.4, -0.2) is 28.4 Å². The van der Waals surface area contributed by atoms with Gasteiger partial charge < -0.3 is 14.4 Å². The molecule has 2 atom stereocenters. The summed E-state index contributed by atoms with van der Waals surface area (Å²) >= 11 is 0. The summed E-state index contributed by atoms with van der Waals surface area (Å²) < 4.78 is 5.52. The molecular weight excluding hydrogens is 318 g/mol. The SMILES string of the molecule is CCCCCCN1C(=O)c2ccccc2[C@H](C(=O)O)[C@H]1c1ccco1. The molecule has 5 nitrogen and oxygen atoms in total. The third-order valence-electron chi connectivity index (χ3n) is 4.79. The number of amides is 1. The van der Waals surface area contributed by atoms with Crippen LogP contribution in [0.25, 0.3) is 0 Å². The fourth-order valence-electron chi connectivity index (χ4n) is 3.59. The molecule has 0 spiro atoms. The molecule has 1 aliphatic heterocycles. The molecular formula is C20H23NO4. The first kappa shape index (κ1) is 17.3. The van der Waals surface area contributed by atoms with Crippen molar-refractivity contribution in [3.63, 3.8) is 0 Å². The highest BCUT2D eigenvalue weighted by Gasteiger charge is 2.45. The van der Waals surface area contributed by atoms with E-state index in [4.69, 9.17) is 4.42 Å². The van der Waals surface area contributed by atoms with Crippen molar-refractivity contribution >= 4 is 11.9 Å². The number of carbonyl (C=O) groups is 2. The molecule has 0 unspecified atom stereocenters. The van der Waals surface area contributed by atoms with Crippen LogP contribution in [-0.2, 0) is 4.79 Å². The molecule has 0 aliphatic carbocycles. The maximum absolute atomic E-state index is 13.0. The number of carbonyl (C=O) groups excluding carboxylic acids is 1. The molecule has 0 saturated carbocycles. The highest BCUT2D eigenvalue weighted by atomic mass is 16.4. The second kappa shape index (κ2) is 7.55. The molecule has 1 aromatic heterocycles. The summed E-state index contributed by atoms with van der Waals surface area (Å²) in [5.74, 6) is -1.37. The number of carboxylic acid groups (broad SMARTS) is 1. The van der Waals surface area contributed by atoms with Crippen LogP contribution in [0, 0.1) is 0 Å². The summed E-state index contributed by atoms with van der Waals surface area (Å²) in [6, 6.07) is 9.86. The number of hydrogen-bond acceptors (Lipinski definition) is 3. The van der Waals surface area contributed by atoms with Crippen molar-refractivity contribution in [1.29, 1.82) is 0 Å². The fraction of sp³-hybridized carbons (Fsp3) is 0.400. The predicted molar refractivity (Wildman–Crippen MR) is 93.4 cm³/mol. The lowest BCUT2D eigenvalue weighted by Gasteiger charge is -2.39. The number of carboxylic acids is 1. The second-order valence-electron chi connectivity index (χ2n) is 6.42. The van der Waals surface area contributed by atoms with Gasteiger partial charge in [-0.15, -0.1) is 0 Å². The van der Waals surface area contributed by atoms with Crippen molar-refractivity contribution in [1.82, 2.24) is 4.90 Å². The highest BCUT2D eigenvalue weighted by molar-refractivity contribution is 6.00. The van der Waals surface area contributed by atoms with Gasteiger partial charge in [0.15, 0.2) is 0 Å². The summed E-state index contributed by atoms with van der Waals surface area (Å²) in [5, 5.41) is 9.89. The average molecular weight is 341 g/mol. The number of unbranched alkanes of at least 4 members (excludes halogenated alkanes) is 3. The van der Waals surface area contributed by atoms with Gasteiger partial charge in [0.1, 0.15) is 17.7 Å². The smallest absolute Gasteiger partial charge is 0.313 e. The third-order valence-corrected chi connectivity index (χ3v) is 4.79. The van der Waals surface area contributed by atoms with Crippen molar-refractivity contribution in [2.45, 2.75) is 44.6 Å². The molecule has 25 heavy (non-hydrogen) atoms. The minimum absolute atomic E-state index is 0.119. The van der Waals surface area contributed by atoms with E-state index in [0.29, 0.717) is 23.4 Å². The van der Waals surface area contributed by atoms with Crippen LogP contribution < -0.4 is 0 Å². The Morgan fingerprint density at radius 2 is 1.96 bits per heavy atom. The molecule has 2 heterocycles. The summed E-state index contributed by atoms with van der Waals surface area (Å²) in [7, 11) is 0. The van der Waals surface area contributed by atoms with Crippen LogP contribution in [0.1, 0.15) is 66.2 Å². The largest absolute Gasteiger partial charge is 0.481 e. The zero-order chi connectivity index (χ0) is 17.8. The molecule has 1 amide bonds. The van der Waals surface area contributed by atoms with E-state index in [-0.39, 0.29) is 5.91 Å². The Morgan fingerprint density at radius 3 is 2.64 bits per heavy atom. The first-order chi connectivity index (χ1) is 12.1. The van der Waals surface area contributed by atoms with Crippen molar-refractivity contribution < 1.29 is 19.1 Å². The van der Waals surface area contributed by atoms with Gasteiger partial charge in [-0.05, 0) is 30.2 Å². The lowest BCUT2D eigenvalue weighted by molar-refractivity contribution is -0.140. The standard InChI is InChI=1S/C20H23NO4/c1-2-3-4-7-12-21-18(16-11-8-13-25-16)17(20(23)24)14-9-5-6-10-15(14)19(21)22/h5-6,8-11,13,17-18H,2-4,7,12H2,1H3,(H,23,24)/t17-,18+/m0/s1. The lowest BCUT2D eigenvalue weighted by Crippen LogP contribution is -2.45. The maximum Gasteiger partial charge on any atom is 0.313 e. The molecule has 0 fully saturated rings. The Balaban J connectivity index is 2.02. The summed E-state index contributed by atoms with van der Waals surface area (Å²) in [6.07, 6.45) is 5.60. The molecule has 1 N–H and O–H groups in total. The molecule has 5 heteroatoms. The number of fused-ring (bicyclic) bond motifs is 1. The summed E-state index contributed by atoms with van der Waals surface area (Å²) in [4.78, 5) is 26.8. The molecule has 0 radical (unpaired) electrons. The van der Waals surface area contributed by atoms with Crippen LogP contribution in [0.4, 0.5) is 0 Å². The predicted octanol–water partition coefficient (Wildman–Crippen LogP) is 4.23. The minimum Gasteiger partial charge on any atom is -0.481 e. The van der Waals surface area contributed by atoms with Crippen molar-refractivity contribution in [2.75, 3.05) is 6.54 Å². The maximum atomic E-state index is 13.0. The highest BCUT2D eigenvalue weighted by Crippen LogP contribution is 2.43. The van der Waals surface area contributed by atoms with Gasteiger partial charge in [0, 0.05) is 12.1 Å². The van der Waals surface area contributed by atoms with Crippen LogP contribution in [0.3, 0.4) is 0 Å². The van der Waals surface area contributed by atoms with Crippen molar-refractivity contribution in [3.8, 4) is 0 Å². The van der Waals surface area contributed by atoms with E-state index in [1.807, 2.05) is 0 Å². The molecule has 132 valence electrons. The Labute approximate surface area is 147 Å². The van der Waals surface area contributed by atoms with E-state index in [2.05, 4.69) is 6.92 Å². The van der Waals surface area contributed by atoms with Gasteiger partial charge in [-0.2, -0.15) is 0 Å². The second-order valence-corrected chi connectivity index (χ2v) is 6.42. The van der Waals surface area contributed by atoms with E-state index in [9.17, 15) is 14.7 Å². The summed E-state index contributed by atoms with van der Waals surface area (Å²) in [6.45, 7) is 2.66. The normalized spacial score (nSPS) is 19.7. The molecule has 3 rings (SSSR count). The van der Waals surface area contributed by atoms with Gasteiger partial charge in [0.2, 0.25) is 0 Å². The Morgan fingerprint density at radius 1 is 1.16 bits per heavy atom. The monoisotopic (exact) mass is 341 g/mol. The van der Waals surface area contributed by atoms with Crippen molar-refractivity contribution in [3.05, 3.63) is 59.5 Å². The molecule has 0 saturated heterocycles. The molecule has 1 aromatic carbocycles. The van der Waals surface area contributed by atoms with E-state index in [1.165, 1.54) is 6.26 Å². The fourth-order valence-corrected chi connectivity index (χ4v) is 3.59. The Hall–Kier alpha value is -2.56. The topological polar surface area (TPSA) is 70.8 Å². The number of furan rings is 1. The number of aliphatic carboxylic acids is 1. The average Bonchev–Trinajstić information content (AvgIpc) is 3.14. The quantitative estimate of drug-likeness (QED) is 0.765. The molecule has 0 bridgehead atoms. The zero-order valence-electron chi connectivity index (χ0n) is 14.4. The number of hydrogen-bond donors (Lipinski definition) is 1. The lowest BCUT2D eigenvalue weighted by atomic mass is 9.81. The number of rotatable bonds is 7. The molecule has 1 aliphatic rings. The first-order valence-electron chi connectivity index (χ1n) is 8.81. The van der Waals surface area contributed by atoms with Gasteiger partial charge >= 0.3 is 5.97 Å². The van der Waals surface area contributed by atoms with Gasteiger partial charge in [-0.1, -0.05) is 44.4 Å². The molecule has 2 aromatic rings. The van der Waals surface area contributed by atoms with Gasteiger partial charge in [-0.25, -0.2) is 0 Å². The van der Waals surface area contributed by atoms with Crippen LogP contribution in [0.2, 0.25) is 0 Å². The number of nitrogens with zero attached hydrogens (tertiary/aromatic N) is 1. The Bertz CT molecular complexity index is 738. The zero-order valence-corrected chi connectivity index (χ0v) is 14.4. The van der Waals surface area contributed by atoms with E-state index >= 15 is 0 Å². The van der Waals surface area contributed by atoms with Crippen LogP contribution in [0.15, 0.2) is 47.1 Å². The third kappa shape index (κ3) is 3.31. The van der Waals surface area contributed by atoms with Gasteiger partial charge in [0.05, 0.1) is 6.26 Å². The summed E-state index contributed by atoms with van der Waals surface area (Å²) in [5.41, 5.74) is 1.04. The minimum atomic E-state index is -0.945. The first-order valence-corrected chi connectivity index (χ1v) is 8.81.